The van der Waals surface area contributed by atoms with Crippen LogP contribution in [0.2, 0.25) is 0 Å². The van der Waals surface area contributed by atoms with Crippen LogP contribution < -0.4 is 0 Å². The molecule has 0 saturated carbocycles. The third-order valence-electron chi connectivity index (χ3n) is 1.37. The zero-order chi connectivity index (χ0) is 8.97. The van der Waals surface area contributed by atoms with Crippen molar-refractivity contribution < 1.29 is 10.2 Å². The number of hydrogen-bond donors (Lipinski definition) is 2. The Labute approximate surface area is 70.1 Å². The summed E-state index contributed by atoms with van der Waals surface area (Å²) in [6.07, 6.45) is 0.669. The van der Waals surface area contributed by atoms with Crippen LogP contribution in [0.5, 0.6) is 0 Å². The largest absolute Gasteiger partial charge is 0.388 e. The lowest BCUT2D eigenvalue weighted by molar-refractivity contribution is 0.256. The van der Waals surface area contributed by atoms with Crippen molar-refractivity contribution in [2.45, 2.75) is 26.6 Å². The Balaban J connectivity index is 3.01. The van der Waals surface area contributed by atoms with Crippen molar-refractivity contribution in [3.63, 3.8) is 0 Å². The highest BCUT2D eigenvalue weighted by atomic mass is 16.3. The molecule has 2 N–H and O–H groups in total. The maximum absolute atomic E-state index is 8.74. The highest BCUT2D eigenvalue weighted by Gasteiger charge is 2.02. The Morgan fingerprint density at radius 2 is 1.33 bits per heavy atom. The normalized spacial score (nSPS) is 10.2. The molecule has 1 heterocycles. The predicted molar refractivity (Wildman–Crippen MR) is 41.1 cm³/mol. The Morgan fingerprint density at radius 1 is 0.917 bits per heavy atom. The molecule has 1 aromatic heterocycles. The zero-order valence-corrected chi connectivity index (χ0v) is 6.86. The fourth-order valence-electron chi connectivity index (χ4n) is 0.821. The third-order valence-corrected chi connectivity index (χ3v) is 1.37. The summed E-state index contributed by atoms with van der Waals surface area (Å²) in [5.41, 5.74) is 0. The van der Waals surface area contributed by atoms with Gasteiger partial charge in [-0.05, 0) is 0 Å². The Bertz CT molecular complexity index is 210. The minimum absolute atomic E-state index is 0.220. The Kier molecular flexibility index (Phi) is 3.07. The predicted octanol–water partition coefficient (Wildman–Crippen LogP) is -0.581. The molecule has 12 heavy (non-hydrogen) atoms. The van der Waals surface area contributed by atoms with Gasteiger partial charge < -0.3 is 10.2 Å². The second-order valence-corrected chi connectivity index (χ2v) is 2.25. The topological polar surface area (TPSA) is 79.1 Å². The number of nitrogens with zero attached hydrogens (tertiary/aromatic N) is 3. The standard InChI is InChI=1S/C7H11N3O2/c1-2-5-8-6(3-11)10-7(4-12)9-5/h11-12H,2-4H2,1H3. The fourth-order valence-corrected chi connectivity index (χ4v) is 0.821. The van der Waals surface area contributed by atoms with E-state index in [2.05, 4.69) is 15.0 Å². The van der Waals surface area contributed by atoms with Gasteiger partial charge in [-0.25, -0.2) is 15.0 Å². The van der Waals surface area contributed by atoms with Crippen molar-refractivity contribution in [1.29, 1.82) is 0 Å². The molecule has 0 aliphatic carbocycles. The van der Waals surface area contributed by atoms with E-state index in [-0.39, 0.29) is 13.2 Å². The van der Waals surface area contributed by atoms with Crippen LogP contribution >= 0.6 is 0 Å². The average molecular weight is 169 g/mol. The number of aryl methyl sites for hydroxylation is 1. The van der Waals surface area contributed by atoms with E-state index in [0.29, 0.717) is 23.9 Å². The molecule has 66 valence electrons. The molecule has 0 saturated heterocycles. The van der Waals surface area contributed by atoms with E-state index in [4.69, 9.17) is 10.2 Å². The van der Waals surface area contributed by atoms with Gasteiger partial charge in [0, 0.05) is 6.42 Å². The van der Waals surface area contributed by atoms with Gasteiger partial charge in [0.05, 0.1) is 0 Å². The first-order chi connectivity index (χ1) is 5.80. The summed E-state index contributed by atoms with van der Waals surface area (Å²) in [4.78, 5) is 11.7. The Morgan fingerprint density at radius 3 is 1.67 bits per heavy atom. The van der Waals surface area contributed by atoms with Gasteiger partial charge in [0.25, 0.3) is 0 Å². The van der Waals surface area contributed by atoms with Crippen molar-refractivity contribution >= 4 is 0 Å². The van der Waals surface area contributed by atoms with E-state index in [1.807, 2.05) is 6.92 Å². The molecule has 0 spiro atoms. The van der Waals surface area contributed by atoms with Gasteiger partial charge in [-0.3, -0.25) is 0 Å². The highest BCUT2D eigenvalue weighted by molar-refractivity contribution is 4.95. The number of aliphatic hydroxyl groups is 2. The molecule has 1 rings (SSSR count). The van der Waals surface area contributed by atoms with Crippen molar-refractivity contribution in [1.82, 2.24) is 15.0 Å². The van der Waals surface area contributed by atoms with Gasteiger partial charge in [-0.2, -0.15) is 0 Å². The molecule has 0 atom stereocenters. The summed E-state index contributed by atoms with van der Waals surface area (Å²) in [6.45, 7) is 1.46. The lowest BCUT2D eigenvalue weighted by Crippen LogP contribution is -2.07. The van der Waals surface area contributed by atoms with E-state index < -0.39 is 0 Å². The fraction of sp³-hybridized carbons (Fsp3) is 0.571. The van der Waals surface area contributed by atoms with E-state index in [9.17, 15) is 0 Å². The van der Waals surface area contributed by atoms with E-state index in [1.165, 1.54) is 0 Å². The summed E-state index contributed by atoms with van der Waals surface area (Å²) in [5, 5.41) is 17.5. The van der Waals surface area contributed by atoms with Gasteiger partial charge >= 0.3 is 0 Å². The second kappa shape index (κ2) is 4.08. The van der Waals surface area contributed by atoms with E-state index in [1.54, 1.807) is 0 Å². The lowest BCUT2D eigenvalue weighted by atomic mass is 10.4. The van der Waals surface area contributed by atoms with Crippen LogP contribution in [0.4, 0.5) is 0 Å². The summed E-state index contributed by atoms with van der Waals surface area (Å²) in [5.74, 6) is 1.22. The SMILES string of the molecule is CCc1nc(CO)nc(CO)n1. The molecule has 0 aliphatic heterocycles. The van der Waals surface area contributed by atoms with Gasteiger partial charge in [-0.1, -0.05) is 6.92 Å². The lowest BCUT2D eigenvalue weighted by Gasteiger charge is -2.01. The molecule has 0 amide bonds. The average Bonchev–Trinajstić information content (AvgIpc) is 2.16. The minimum atomic E-state index is -0.220. The van der Waals surface area contributed by atoms with E-state index >= 15 is 0 Å². The van der Waals surface area contributed by atoms with Crippen LogP contribution in [0.25, 0.3) is 0 Å². The number of aliphatic hydroxyl groups excluding tert-OH is 2. The quantitative estimate of drug-likeness (QED) is 0.632. The van der Waals surface area contributed by atoms with Gasteiger partial charge in [0.2, 0.25) is 0 Å². The summed E-state index contributed by atoms with van der Waals surface area (Å²) < 4.78 is 0. The number of rotatable bonds is 3. The first-order valence-corrected chi connectivity index (χ1v) is 3.74. The van der Waals surface area contributed by atoms with Gasteiger partial charge in [0.15, 0.2) is 11.6 Å². The zero-order valence-electron chi connectivity index (χ0n) is 6.86. The molecule has 0 bridgehead atoms. The molecule has 1 aromatic rings. The summed E-state index contributed by atoms with van der Waals surface area (Å²) >= 11 is 0. The maximum Gasteiger partial charge on any atom is 0.158 e. The van der Waals surface area contributed by atoms with Crippen molar-refractivity contribution in [2.75, 3.05) is 0 Å². The van der Waals surface area contributed by atoms with Crippen molar-refractivity contribution in [3.05, 3.63) is 17.5 Å². The van der Waals surface area contributed by atoms with Crippen LogP contribution in [0.1, 0.15) is 24.4 Å². The summed E-state index contributed by atoms with van der Waals surface area (Å²) in [7, 11) is 0. The molecule has 0 unspecified atom stereocenters. The maximum atomic E-state index is 8.74. The monoisotopic (exact) mass is 169 g/mol. The number of hydrogen-bond acceptors (Lipinski definition) is 5. The summed E-state index contributed by atoms with van der Waals surface area (Å²) in [6, 6.07) is 0. The van der Waals surface area contributed by atoms with Gasteiger partial charge in [0.1, 0.15) is 19.0 Å². The van der Waals surface area contributed by atoms with Gasteiger partial charge in [-0.15, -0.1) is 0 Å². The molecule has 5 heteroatoms. The molecule has 5 nitrogen and oxygen atoms in total. The van der Waals surface area contributed by atoms with Crippen LogP contribution in [0, 0.1) is 0 Å². The first kappa shape index (κ1) is 9.02. The Hall–Kier alpha value is -1.07. The van der Waals surface area contributed by atoms with Crippen LogP contribution in [-0.2, 0) is 19.6 Å². The molecule has 0 aromatic carbocycles. The molecular formula is C7H11N3O2. The smallest absolute Gasteiger partial charge is 0.158 e. The highest BCUT2D eigenvalue weighted by Crippen LogP contribution is 1.97. The van der Waals surface area contributed by atoms with Crippen molar-refractivity contribution in [2.24, 2.45) is 0 Å². The number of aromatic nitrogens is 3. The minimum Gasteiger partial charge on any atom is -0.388 e. The third kappa shape index (κ3) is 1.96. The molecule has 0 aliphatic rings. The van der Waals surface area contributed by atoms with Crippen LogP contribution in [0.3, 0.4) is 0 Å². The molecular weight excluding hydrogens is 158 g/mol. The first-order valence-electron chi connectivity index (χ1n) is 3.74. The van der Waals surface area contributed by atoms with Crippen LogP contribution in [-0.4, -0.2) is 25.2 Å². The van der Waals surface area contributed by atoms with E-state index in [0.717, 1.165) is 0 Å². The second-order valence-electron chi connectivity index (χ2n) is 2.25. The molecule has 0 fully saturated rings. The van der Waals surface area contributed by atoms with Crippen LogP contribution in [0.15, 0.2) is 0 Å². The van der Waals surface area contributed by atoms with Crippen molar-refractivity contribution in [3.8, 4) is 0 Å². The molecule has 0 radical (unpaired) electrons.